The van der Waals surface area contributed by atoms with Gasteiger partial charge in [0.15, 0.2) is 0 Å². The highest BCUT2D eigenvalue weighted by atomic mass is 32.2. The van der Waals surface area contributed by atoms with Crippen molar-refractivity contribution in [2.75, 3.05) is 25.5 Å². The van der Waals surface area contributed by atoms with E-state index in [2.05, 4.69) is 18.6 Å². The van der Waals surface area contributed by atoms with Crippen molar-refractivity contribution < 1.29 is 13.2 Å². The molecule has 0 heterocycles. The average molecular weight is 314 g/mol. The first-order valence-corrected chi connectivity index (χ1v) is 8.81. The molecule has 120 valence electrons. The van der Waals surface area contributed by atoms with E-state index in [4.69, 9.17) is 10.5 Å². The van der Waals surface area contributed by atoms with Crippen LogP contribution in [0.5, 0.6) is 0 Å². The number of nitrogens with one attached hydrogen (secondary N) is 1. The fourth-order valence-electron chi connectivity index (χ4n) is 1.85. The summed E-state index contributed by atoms with van der Waals surface area (Å²) in [6.45, 7) is 7.74. The second kappa shape index (κ2) is 8.36. The van der Waals surface area contributed by atoms with Crippen LogP contribution in [0, 0.1) is 5.92 Å². The Hall–Kier alpha value is -1.11. The normalized spacial score (nSPS) is 12.0. The maximum absolute atomic E-state index is 12.1. The summed E-state index contributed by atoms with van der Waals surface area (Å²) in [4.78, 5) is 0.209. The lowest BCUT2D eigenvalue weighted by atomic mass is 10.1. The predicted octanol–water partition coefficient (Wildman–Crippen LogP) is 2.17. The monoisotopic (exact) mass is 314 g/mol. The summed E-state index contributed by atoms with van der Waals surface area (Å²) in [5.41, 5.74) is 7.31. The van der Waals surface area contributed by atoms with Crippen molar-refractivity contribution in [3.8, 4) is 0 Å². The van der Waals surface area contributed by atoms with Gasteiger partial charge in [0.25, 0.3) is 0 Å². The summed E-state index contributed by atoms with van der Waals surface area (Å²) in [7, 11) is -3.50. The molecule has 0 unspecified atom stereocenters. The van der Waals surface area contributed by atoms with Crippen LogP contribution in [0.4, 0.5) is 5.69 Å². The number of sulfonamides is 1. The first-order chi connectivity index (χ1) is 9.86. The topological polar surface area (TPSA) is 81.4 Å². The number of nitrogen functional groups attached to an aromatic ring is 1. The zero-order valence-corrected chi connectivity index (χ0v) is 13.9. The zero-order chi connectivity index (χ0) is 15.9. The number of ether oxygens (including phenoxy) is 1. The molecule has 0 radical (unpaired) electrons. The van der Waals surface area contributed by atoms with Crippen LogP contribution in [-0.4, -0.2) is 28.2 Å². The minimum Gasteiger partial charge on any atom is -0.398 e. The van der Waals surface area contributed by atoms with Gasteiger partial charge in [-0.15, -0.1) is 0 Å². The molecule has 0 aliphatic carbocycles. The van der Waals surface area contributed by atoms with Crippen LogP contribution in [0.3, 0.4) is 0 Å². The molecule has 0 spiro atoms. The maximum atomic E-state index is 12.1. The number of rotatable bonds is 9. The molecule has 0 aromatic heterocycles. The zero-order valence-electron chi connectivity index (χ0n) is 13.1. The van der Waals surface area contributed by atoms with E-state index < -0.39 is 10.0 Å². The van der Waals surface area contributed by atoms with Gasteiger partial charge >= 0.3 is 0 Å². The molecule has 0 saturated carbocycles. The molecule has 0 saturated heterocycles. The van der Waals surface area contributed by atoms with E-state index >= 15 is 0 Å². The molecule has 1 aromatic rings. The third kappa shape index (κ3) is 6.03. The third-order valence-electron chi connectivity index (χ3n) is 3.02. The minimum absolute atomic E-state index is 0.209. The maximum Gasteiger partial charge on any atom is 0.240 e. The van der Waals surface area contributed by atoms with Gasteiger partial charge in [-0.05, 0) is 36.5 Å². The molecule has 1 aromatic carbocycles. The van der Waals surface area contributed by atoms with Crippen molar-refractivity contribution in [1.82, 2.24) is 4.72 Å². The fourth-order valence-corrected chi connectivity index (χ4v) is 2.95. The highest BCUT2D eigenvalue weighted by molar-refractivity contribution is 7.89. The van der Waals surface area contributed by atoms with Gasteiger partial charge in [0.1, 0.15) is 0 Å². The van der Waals surface area contributed by atoms with E-state index in [1.807, 2.05) is 6.92 Å². The van der Waals surface area contributed by atoms with Gasteiger partial charge in [-0.25, -0.2) is 13.1 Å². The van der Waals surface area contributed by atoms with Gasteiger partial charge in [0.05, 0.1) is 4.90 Å². The van der Waals surface area contributed by atoms with Crippen molar-refractivity contribution in [3.05, 3.63) is 23.8 Å². The molecular formula is C15H26N2O3S. The van der Waals surface area contributed by atoms with E-state index in [1.165, 1.54) is 6.07 Å². The Morgan fingerprint density at radius 3 is 2.62 bits per heavy atom. The van der Waals surface area contributed by atoms with Gasteiger partial charge in [0.2, 0.25) is 10.0 Å². The van der Waals surface area contributed by atoms with Gasteiger partial charge in [-0.3, -0.25) is 0 Å². The number of anilines is 1. The van der Waals surface area contributed by atoms with Gasteiger partial charge in [-0.1, -0.05) is 26.8 Å². The Morgan fingerprint density at radius 1 is 1.33 bits per heavy atom. The van der Waals surface area contributed by atoms with Crippen LogP contribution in [0.25, 0.3) is 0 Å². The molecule has 0 bridgehead atoms. The number of benzene rings is 1. The molecular weight excluding hydrogens is 288 g/mol. The molecule has 5 nitrogen and oxygen atoms in total. The van der Waals surface area contributed by atoms with Gasteiger partial charge < -0.3 is 10.5 Å². The second-order valence-electron chi connectivity index (χ2n) is 5.43. The van der Waals surface area contributed by atoms with Crippen molar-refractivity contribution >= 4 is 15.7 Å². The van der Waals surface area contributed by atoms with Crippen molar-refractivity contribution in [1.29, 1.82) is 0 Å². The van der Waals surface area contributed by atoms with E-state index in [-0.39, 0.29) is 4.90 Å². The summed E-state index contributed by atoms with van der Waals surface area (Å²) in [5.74, 6) is 0.488. The summed E-state index contributed by atoms with van der Waals surface area (Å²) in [5, 5.41) is 0. The van der Waals surface area contributed by atoms with Gasteiger partial charge in [-0.2, -0.15) is 0 Å². The molecule has 1 rings (SSSR count). The minimum atomic E-state index is -3.50. The molecule has 3 N–H and O–H groups in total. The molecule has 0 amide bonds. The molecule has 21 heavy (non-hydrogen) atoms. The van der Waals surface area contributed by atoms with Crippen LogP contribution in [-0.2, 0) is 21.2 Å². The SMILES string of the molecule is CCc1ccc(S(=O)(=O)NCCCOCC(C)C)cc1N. The third-order valence-corrected chi connectivity index (χ3v) is 4.48. The molecule has 0 atom stereocenters. The first kappa shape index (κ1) is 17.9. The van der Waals surface area contributed by atoms with Crippen LogP contribution < -0.4 is 10.5 Å². The number of hydrogen-bond acceptors (Lipinski definition) is 4. The Balaban J connectivity index is 2.48. The van der Waals surface area contributed by atoms with Crippen LogP contribution >= 0.6 is 0 Å². The summed E-state index contributed by atoms with van der Waals surface area (Å²) >= 11 is 0. The fraction of sp³-hybridized carbons (Fsp3) is 0.600. The molecule has 0 aliphatic heterocycles. The van der Waals surface area contributed by atoms with E-state index in [0.717, 1.165) is 12.0 Å². The second-order valence-corrected chi connectivity index (χ2v) is 7.20. The molecule has 0 aliphatic rings. The Bertz CT molecular complexity index is 542. The quantitative estimate of drug-likeness (QED) is 0.540. The highest BCUT2D eigenvalue weighted by Gasteiger charge is 2.14. The largest absolute Gasteiger partial charge is 0.398 e. The van der Waals surface area contributed by atoms with Crippen LogP contribution in [0.1, 0.15) is 32.8 Å². The summed E-state index contributed by atoms with van der Waals surface area (Å²) < 4.78 is 32.2. The van der Waals surface area contributed by atoms with E-state index in [9.17, 15) is 8.42 Å². The Kier molecular flexibility index (Phi) is 7.14. The smallest absolute Gasteiger partial charge is 0.240 e. The van der Waals surface area contributed by atoms with Crippen molar-refractivity contribution in [2.24, 2.45) is 5.92 Å². The lowest BCUT2D eigenvalue weighted by Crippen LogP contribution is -2.26. The van der Waals surface area contributed by atoms with Gasteiger partial charge in [0, 0.05) is 25.4 Å². The summed E-state index contributed by atoms with van der Waals surface area (Å²) in [6.07, 6.45) is 1.43. The lowest BCUT2D eigenvalue weighted by Gasteiger charge is -2.10. The molecule has 0 fully saturated rings. The van der Waals surface area contributed by atoms with Crippen LogP contribution in [0.2, 0.25) is 0 Å². The molecule has 6 heteroatoms. The van der Waals surface area contributed by atoms with Crippen LogP contribution in [0.15, 0.2) is 23.1 Å². The van der Waals surface area contributed by atoms with Crippen molar-refractivity contribution in [2.45, 2.75) is 38.5 Å². The number of hydrogen-bond donors (Lipinski definition) is 2. The standard InChI is InChI=1S/C15H26N2O3S/c1-4-13-6-7-14(10-15(13)16)21(18,19)17-8-5-9-20-11-12(2)3/h6-7,10,12,17H,4-5,8-9,11,16H2,1-3H3. The Morgan fingerprint density at radius 2 is 2.05 bits per heavy atom. The average Bonchev–Trinajstić information content (AvgIpc) is 2.42. The van der Waals surface area contributed by atoms with Crippen molar-refractivity contribution in [3.63, 3.8) is 0 Å². The van der Waals surface area contributed by atoms with E-state index in [1.54, 1.807) is 12.1 Å². The highest BCUT2D eigenvalue weighted by Crippen LogP contribution is 2.18. The number of nitrogens with two attached hydrogens (primary N) is 1. The Labute approximate surface area is 127 Å². The number of aryl methyl sites for hydroxylation is 1. The predicted molar refractivity (Wildman–Crippen MR) is 85.7 cm³/mol. The first-order valence-electron chi connectivity index (χ1n) is 7.32. The van der Waals surface area contributed by atoms with E-state index in [0.29, 0.717) is 37.8 Å². The lowest BCUT2D eigenvalue weighted by molar-refractivity contribution is 0.108. The summed E-state index contributed by atoms with van der Waals surface area (Å²) in [6, 6.07) is 4.86.